The molecule has 26 heavy (non-hydrogen) atoms. The number of thioether (sulfide) groups is 1. The fourth-order valence-corrected chi connectivity index (χ4v) is 2.92. The van der Waals surface area contributed by atoms with E-state index in [0.717, 1.165) is 17.7 Å². The monoisotopic (exact) mass is 378 g/mol. The Hall–Kier alpha value is -2.41. The molecule has 0 saturated carbocycles. The quantitative estimate of drug-likeness (QED) is 0.801. The van der Waals surface area contributed by atoms with Crippen LogP contribution >= 0.6 is 11.8 Å². The molecular formula is C19H20F2N2O2S. The summed E-state index contributed by atoms with van der Waals surface area (Å²) in [7, 11) is 1.54. The number of carbonyl (C=O) groups is 2. The van der Waals surface area contributed by atoms with Crippen molar-refractivity contribution in [3.05, 3.63) is 65.2 Å². The van der Waals surface area contributed by atoms with Crippen LogP contribution in [0.15, 0.2) is 42.5 Å². The van der Waals surface area contributed by atoms with Gasteiger partial charge in [-0.1, -0.05) is 23.8 Å². The van der Waals surface area contributed by atoms with Crippen LogP contribution in [0.4, 0.5) is 14.5 Å². The Kier molecular flexibility index (Phi) is 7.15. The largest absolute Gasteiger partial charge is 0.341 e. The molecule has 0 heterocycles. The first-order valence-electron chi connectivity index (χ1n) is 7.97. The topological polar surface area (TPSA) is 49.4 Å². The van der Waals surface area contributed by atoms with E-state index in [9.17, 15) is 18.4 Å². The summed E-state index contributed by atoms with van der Waals surface area (Å²) in [6.07, 6.45) is 0. The summed E-state index contributed by atoms with van der Waals surface area (Å²) in [6.45, 7) is 2.00. The van der Waals surface area contributed by atoms with Crippen molar-refractivity contribution in [1.82, 2.24) is 4.90 Å². The molecule has 138 valence electrons. The van der Waals surface area contributed by atoms with E-state index >= 15 is 0 Å². The van der Waals surface area contributed by atoms with Crippen molar-refractivity contribution in [3.8, 4) is 0 Å². The zero-order valence-electron chi connectivity index (χ0n) is 14.6. The third-order valence-corrected chi connectivity index (χ3v) is 4.56. The number of hydrogen-bond acceptors (Lipinski definition) is 3. The van der Waals surface area contributed by atoms with Gasteiger partial charge >= 0.3 is 0 Å². The summed E-state index contributed by atoms with van der Waals surface area (Å²) in [5.41, 5.74) is 2.05. The van der Waals surface area contributed by atoms with Gasteiger partial charge in [0, 0.05) is 30.9 Å². The minimum absolute atomic E-state index is 0.0427. The van der Waals surface area contributed by atoms with Gasteiger partial charge in [0.25, 0.3) is 0 Å². The summed E-state index contributed by atoms with van der Waals surface area (Å²) in [6, 6.07) is 10.7. The molecule has 2 aromatic carbocycles. The van der Waals surface area contributed by atoms with E-state index in [0.29, 0.717) is 5.69 Å². The molecule has 0 bridgehead atoms. The van der Waals surface area contributed by atoms with Crippen LogP contribution in [-0.4, -0.2) is 35.3 Å². The molecule has 0 atom stereocenters. The lowest BCUT2D eigenvalue weighted by Crippen LogP contribution is -2.28. The number of halogens is 2. The van der Waals surface area contributed by atoms with Gasteiger partial charge in [-0.15, -0.1) is 11.8 Å². The summed E-state index contributed by atoms with van der Waals surface area (Å²) < 4.78 is 26.5. The molecule has 0 unspecified atom stereocenters. The highest BCUT2D eigenvalue weighted by atomic mass is 32.2. The van der Waals surface area contributed by atoms with E-state index in [1.54, 1.807) is 0 Å². The lowest BCUT2D eigenvalue weighted by Gasteiger charge is -2.17. The maximum atomic E-state index is 13.6. The first kappa shape index (κ1) is 19.9. The lowest BCUT2D eigenvalue weighted by molar-refractivity contribution is -0.127. The average molecular weight is 378 g/mol. The first-order chi connectivity index (χ1) is 12.3. The van der Waals surface area contributed by atoms with Gasteiger partial charge in [0.15, 0.2) is 0 Å². The Morgan fingerprint density at radius 2 is 1.77 bits per heavy atom. The minimum Gasteiger partial charge on any atom is -0.341 e. The van der Waals surface area contributed by atoms with Crippen LogP contribution in [0.5, 0.6) is 0 Å². The molecule has 0 spiro atoms. The van der Waals surface area contributed by atoms with Crippen molar-refractivity contribution >= 4 is 29.3 Å². The molecule has 0 aliphatic carbocycles. The molecule has 7 heteroatoms. The average Bonchev–Trinajstić information content (AvgIpc) is 2.59. The SMILES string of the molecule is Cc1ccc(NC(=O)CSCC(=O)N(C)Cc2ccc(F)cc2F)cc1. The smallest absolute Gasteiger partial charge is 0.234 e. The zero-order valence-corrected chi connectivity index (χ0v) is 15.4. The molecule has 2 aromatic rings. The minimum atomic E-state index is -0.685. The van der Waals surface area contributed by atoms with Crippen LogP contribution in [0, 0.1) is 18.6 Å². The van der Waals surface area contributed by atoms with Gasteiger partial charge in [-0.25, -0.2) is 8.78 Å². The summed E-state index contributed by atoms with van der Waals surface area (Å²) in [5, 5.41) is 2.75. The van der Waals surface area contributed by atoms with Gasteiger partial charge in [0.2, 0.25) is 11.8 Å². The molecule has 0 fully saturated rings. The fraction of sp³-hybridized carbons (Fsp3) is 0.263. The summed E-state index contributed by atoms with van der Waals surface area (Å²) in [4.78, 5) is 25.3. The predicted octanol–water partition coefficient (Wildman–Crippen LogP) is 3.60. The standard InChI is InChI=1S/C19H20F2N2O2S/c1-13-3-7-16(8-4-13)22-18(24)11-26-12-19(25)23(2)10-14-5-6-15(20)9-17(14)21/h3-9H,10-12H2,1-2H3,(H,22,24). The maximum Gasteiger partial charge on any atom is 0.234 e. The summed E-state index contributed by atoms with van der Waals surface area (Å²) >= 11 is 1.18. The Morgan fingerprint density at radius 3 is 2.42 bits per heavy atom. The van der Waals surface area contributed by atoms with Gasteiger partial charge < -0.3 is 10.2 Å². The van der Waals surface area contributed by atoms with Gasteiger partial charge in [0.05, 0.1) is 11.5 Å². The van der Waals surface area contributed by atoms with Crippen molar-refractivity contribution in [2.24, 2.45) is 0 Å². The number of aryl methyl sites for hydroxylation is 1. The molecule has 0 aliphatic rings. The van der Waals surface area contributed by atoms with Gasteiger partial charge in [0.1, 0.15) is 11.6 Å². The third-order valence-electron chi connectivity index (χ3n) is 3.64. The van der Waals surface area contributed by atoms with E-state index < -0.39 is 11.6 Å². The Morgan fingerprint density at radius 1 is 1.08 bits per heavy atom. The van der Waals surface area contributed by atoms with E-state index in [1.165, 1.54) is 29.8 Å². The van der Waals surface area contributed by atoms with E-state index in [2.05, 4.69) is 5.32 Å². The molecule has 2 amide bonds. The second-order valence-electron chi connectivity index (χ2n) is 5.89. The number of hydrogen-bond donors (Lipinski definition) is 1. The number of nitrogens with zero attached hydrogens (tertiary/aromatic N) is 1. The van der Waals surface area contributed by atoms with Crippen LogP contribution in [-0.2, 0) is 16.1 Å². The van der Waals surface area contributed by atoms with Crippen molar-refractivity contribution in [3.63, 3.8) is 0 Å². The number of carbonyl (C=O) groups excluding carboxylic acids is 2. The van der Waals surface area contributed by atoms with Crippen LogP contribution in [0.2, 0.25) is 0 Å². The first-order valence-corrected chi connectivity index (χ1v) is 9.13. The molecule has 0 aromatic heterocycles. The van der Waals surface area contributed by atoms with Crippen molar-refractivity contribution in [1.29, 1.82) is 0 Å². The number of anilines is 1. The zero-order chi connectivity index (χ0) is 19.1. The van der Waals surface area contributed by atoms with Crippen LogP contribution in [0.1, 0.15) is 11.1 Å². The maximum absolute atomic E-state index is 13.6. The molecular weight excluding hydrogens is 358 g/mol. The molecule has 0 saturated heterocycles. The molecule has 0 aliphatic heterocycles. The van der Waals surface area contributed by atoms with Gasteiger partial charge in [-0.2, -0.15) is 0 Å². The highest BCUT2D eigenvalue weighted by Crippen LogP contribution is 2.13. The molecule has 4 nitrogen and oxygen atoms in total. The molecule has 2 rings (SSSR count). The normalized spacial score (nSPS) is 10.5. The van der Waals surface area contributed by atoms with E-state index in [-0.39, 0.29) is 35.4 Å². The highest BCUT2D eigenvalue weighted by molar-refractivity contribution is 8.00. The Balaban J connectivity index is 1.75. The molecule has 1 N–H and O–H groups in total. The number of benzene rings is 2. The lowest BCUT2D eigenvalue weighted by atomic mass is 10.2. The second-order valence-corrected chi connectivity index (χ2v) is 6.88. The number of rotatable bonds is 7. The van der Waals surface area contributed by atoms with Gasteiger partial charge in [-0.05, 0) is 25.1 Å². The third kappa shape index (κ3) is 6.15. The van der Waals surface area contributed by atoms with Crippen molar-refractivity contribution in [2.75, 3.05) is 23.9 Å². The number of nitrogens with one attached hydrogen (secondary N) is 1. The summed E-state index contributed by atoms with van der Waals surface area (Å²) in [5.74, 6) is -1.54. The second kappa shape index (κ2) is 9.33. The van der Waals surface area contributed by atoms with E-state index in [1.807, 2.05) is 31.2 Å². The van der Waals surface area contributed by atoms with Crippen molar-refractivity contribution < 1.29 is 18.4 Å². The van der Waals surface area contributed by atoms with Crippen LogP contribution in [0.3, 0.4) is 0 Å². The predicted molar refractivity (Wildman–Crippen MR) is 100.0 cm³/mol. The fourth-order valence-electron chi connectivity index (χ4n) is 2.17. The Bertz CT molecular complexity index is 782. The van der Waals surface area contributed by atoms with Gasteiger partial charge in [-0.3, -0.25) is 9.59 Å². The molecule has 0 radical (unpaired) electrons. The Labute approximate surface area is 155 Å². The highest BCUT2D eigenvalue weighted by Gasteiger charge is 2.13. The van der Waals surface area contributed by atoms with Crippen LogP contribution < -0.4 is 5.32 Å². The number of amides is 2. The van der Waals surface area contributed by atoms with Crippen LogP contribution in [0.25, 0.3) is 0 Å². The van der Waals surface area contributed by atoms with E-state index in [4.69, 9.17) is 0 Å². The van der Waals surface area contributed by atoms with Crippen molar-refractivity contribution in [2.45, 2.75) is 13.5 Å².